The van der Waals surface area contributed by atoms with Crippen LogP contribution in [0, 0.1) is 6.92 Å². The van der Waals surface area contributed by atoms with Gasteiger partial charge in [0, 0.05) is 11.2 Å². The number of benzene rings is 2. The molecule has 5 nitrogen and oxygen atoms in total. The van der Waals surface area contributed by atoms with Gasteiger partial charge >= 0.3 is 7.12 Å². The van der Waals surface area contributed by atoms with E-state index in [2.05, 4.69) is 4.72 Å². The second-order valence-corrected chi connectivity index (χ2v) is 6.06. The van der Waals surface area contributed by atoms with E-state index in [4.69, 9.17) is 0 Å². The zero-order valence-electron chi connectivity index (χ0n) is 10.8. The molecule has 3 N–H and O–H groups in total. The highest BCUT2D eigenvalue weighted by Gasteiger charge is 2.20. The van der Waals surface area contributed by atoms with Crippen LogP contribution < -0.4 is 10.2 Å². The van der Waals surface area contributed by atoms with Gasteiger partial charge in [0.05, 0.1) is 4.90 Å². The molecule has 2 aromatic carbocycles. The van der Waals surface area contributed by atoms with E-state index in [-0.39, 0.29) is 16.0 Å². The molecule has 20 heavy (non-hydrogen) atoms. The van der Waals surface area contributed by atoms with Crippen LogP contribution in [0.25, 0.3) is 0 Å². The smallest absolute Gasteiger partial charge is 0.423 e. The summed E-state index contributed by atoms with van der Waals surface area (Å²) in [5.41, 5.74) is 1.20. The molecule has 0 aliphatic rings. The van der Waals surface area contributed by atoms with Gasteiger partial charge in [-0.25, -0.2) is 8.42 Å². The van der Waals surface area contributed by atoms with Gasteiger partial charge in [0.15, 0.2) is 0 Å². The first-order chi connectivity index (χ1) is 9.40. The maximum absolute atomic E-state index is 12.2. The summed E-state index contributed by atoms with van der Waals surface area (Å²) in [5.74, 6) is 0. The zero-order chi connectivity index (χ0) is 14.8. The Morgan fingerprint density at radius 2 is 1.60 bits per heavy atom. The van der Waals surface area contributed by atoms with Gasteiger partial charge in [0.1, 0.15) is 0 Å². The Kier molecular flexibility index (Phi) is 4.13. The van der Waals surface area contributed by atoms with Crippen LogP contribution in [0.15, 0.2) is 53.4 Å². The Bertz CT molecular complexity index is 699. The maximum Gasteiger partial charge on any atom is 0.490 e. The number of anilines is 1. The lowest BCUT2D eigenvalue weighted by Crippen LogP contribution is -2.33. The summed E-state index contributed by atoms with van der Waals surface area (Å²) in [6.07, 6.45) is 0. The number of para-hydroxylation sites is 1. The van der Waals surface area contributed by atoms with Crippen molar-refractivity contribution in [1.29, 1.82) is 0 Å². The number of rotatable bonds is 4. The zero-order valence-corrected chi connectivity index (χ0v) is 11.6. The third-order valence-corrected chi connectivity index (χ3v) is 4.20. The Morgan fingerprint density at radius 1 is 1.00 bits per heavy atom. The minimum Gasteiger partial charge on any atom is -0.423 e. The van der Waals surface area contributed by atoms with Crippen molar-refractivity contribution in [2.45, 2.75) is 11.8 Å². The lowest BCUT2D eigenvalue weighted by atomic mass is 9.79. The number of sulfonamides is 1. The number of hydrogen-bond acceptors (Lipinski definition) is 4. The topological polar surface area (TPSA) is 86.6 Å². The van der Waals surface area contributed by atoms with Gasteiger partial charge in [0.25, 0.3) is 10.0 Å². The molecule has 0 saturated carbocycles. The number of hydrogen-bond donors (Lipinski definition) is 3. The van der Waals surface area contributed by atoms with E-state index in [1.54, 1.807) is 24.3 Å². The van der Waals surface area contributed by atoms with Crippen molar-refractivity contribution in [2.24, 2.45) is 0 Å². The molecule has 0 aliphatic heterocycles. The standard InChI is InChI=1S/C13H14BNO4S/c1-10-6-8-11(9-7-10)20(18,19)15-13-5-3-2-4-12(13)14(16)17/h2-9,15-17H,1H3. The molecule has 7 heteroatoms. The van der Waals surface area contributed by atoms with Crippen molar-refractivity contribution >= 4 is 28.3 Å². The molecular weight excluding hydrogens is 277 g/mol. The first-order valence-electron chi connectivity index (χ1n) is 5.95. The monoisotopic (exact) mass is 291 g/mol. The van der Waals surface area contributed by atoms with Crippen LogP contribution in [-0.4, -0.2) is 25.6 Å². The Morgan fingerprint density at radius 3 is 2.20 bits per heavy atom. The van der Waals surface area contributed by atoms with E-state index in [1.165, 1.54) is 24.3 Å². The molecular formula is C13H14BNO4S. The van der Waals surface area contributed by atoms with Gasteiger partial charge in [-0.15, -0.1) is 0 Å². The number of nitrogens with one attached hydrogen (secondary N) is 1. The molecule has 104 valence electrons. The molecule has 2 aromatic rings. The van der Waals surface area contributed by atoms with Crippen LogP contribution in [0.3, 0.4) is 0 Å². The highest BCUT2D eigenvalue weighted by atomic mass is 32.2. The predicted octanol–water partition coefficient (Wildman–Crippen LogP) is 0.476. The lowest BCUT2D eigenvalue weighted by Gasteiger charge is -2.12. The highest BCUT2D eigenvalue weighted by molar-refractivity contribution is 7.92. The molecule has 0 spiro atoms. The van der Waals surface area contributed by atoms with Crippen LogP contribution in [-0.2, 0) is 10.0 Å². The molecule has 0 unspecified atom stereocenters. The molecule has 2 rings (SSSR count). The van der Waals surface area contributed by atoms with Gasteiger partial charge in [-0.3, -0.25) is 4.72 Å². The summed E-state index contributed by atoms with van der Waals surface area (Å²) in [6.45, 7) is 1.86. The van der Waals surface area contributed by atoms with E-state index in [1.807, 2.05) is 6.92 Å². The fraction of sp³-hybridized carbons (Fsp3) is 0.0769. The van der Waals surface area contributed by atoms with Crippen molar-refractivity contribution in [3.63, 3.8) is 0 Å². The molecule has 0 fully saturated rings. The van der Waals surface area contributed by atoms with E-state index in [9.17, 15) is 18.5 Å². The highest BCUT2D eigenvalue weighted by Crippen LogP contribution is 2.15. The largest absolute Gasteiger partial charge is 0.490 e. The van der Waals surface area contributed by atoms with Crippen molar-refractivity contribution in [1.82, 2.24) is 0 Å². The first-order valence-corrected chi connectivity index (χ1v) is 7.43. The molecule has 0 aliphatic carbocycles. The van der Waals surface area contributed by atoms with Crippen molar-refractivity contribution in [3.05, 3.63) is 54.1 Å². The fourth-order valence-corrected chi connectivity index (χ4v) is 2.82. The van der Waals surface area contributed by atoms with Crippen LogP contribution in [0.1, 0.15) is 5.56 Å². The molecule has 0 saturated heterocycles. The summed E-state index contributed by atoms with van der Waals surface area (Å²) in [6, 6.07) is 12.5. The normalized spacial score (nSPS) is 11.2. The molecule has 0 amide bonds. The molecule has 0 bridgehead atoms. The summed E-state index contributed by atoms with van der Waals surface area (Å²) in [5, 5.41) is 18.5. The summed E-state index contributed by atoms with van der Waals surface area (Å²) in [7, 11) is -5.50. The minimum atomic E-state index is -3.76. The SMILES string of the molecule is Cc1ccc(S(=O)(=O)Nc2ccccc2B(O)O)cc1. The van der Waals surface area contributed by atoms with Crippen LogP contribution in [0.5, 0.6) is 0 Å². The van der Waals surface area contributed by atoms with Crippen molar-refractivity contribution in [2.75, 3.05) is 4.72 Å². The van der Waals surface area contributed by atoms with E-state index in [0.717, 1.165) is 5.56 Å². The number of aryl methyl sites for hydroxylation is 1. The third-order valence-electron chi connectivity index (χ3n) is 2.81. The molecule has 0 radical (unpaired) electrons. The van der Waals surface area contributed by atoms with Crippen LogP contribution in [0.2, 0.25) is 0 Å². The predicted molar refractivity (Wildman–Crippen MR) is 78.3 cm³/mol. The van der Waals surface area contributed by atoms with Crippen molar-refractivity contribution in [3.8, 4) is 0 Å². The van der Waals surface area contributed by atoms with Gasteiger partial charge in [0.2, 0.25) is 0 Å². The minimum absolute atomic E-state index is 0.100. The lowest BCUT2D eigenvalue weighted by molar-refractivity contribution is 0.426. The van der Waals surface area contributed by atoms with Gasteiger partial charge < -0.3 is 10.0 Å². The van der Waals surface area contributed by atoms with Gasteiger partial charge in [-0.2, -0.15) is 0 Å². The van der Waals surface area contributed by atoms with E-state index in [0.29, 0.717) is 0 Å². The Balaban J connectivity index is 2.36. The Labute approximate surface area is 118 Å². The maximum atomic E-state index is 12.2. The van der Waals surface area contributed by atoms with Crippen LogP contribution in [0.4, 0.5) is 5.69 Å². The van der Waals surface area contributed by atoms with Gasteiger partial charge in [-0.05, 0) is 25.1 Å². The molecule has 0 aromatic heterocycles. The second-order valence-electron chi connectivity index (χ2n) is 4.38. The van der Waals surface area contributed by atoms with Gasteiger partial charge in [-0.1, -0.05) is 35.9 Å². The van der Waals surface area contributed by atoms with Crippen molar-refractivity contribution < 1.29 is 18.5 Å². The summed E-state index contributed by atoms with van der Waals surface area (Å²) in [4.78, 5) is 0.116. The quantitative estimate of drug-likeness (QED) is 0.715. The molecule has 0 heterocycles. The summed E-state index contributed by atoms with van der Waals surface area (Å²) >= 11 is 0. The van der Waals surface area contributed by atoms with E-state index < -0.39 is 17.1 Å². The first kappa shape index (κ1) is 14.6. The average Bonchev–Trinajstić information content (AvgIpc) is 2.39. The molecule has 0 atom stereocenters. The average molecular weight is 291 g/mol. The Hall–Kier alpha value is -1.83. The fourth-order valence-electron chi connectivity index (χ4n) is 1.74. The third kappa shape index (κ3) is 3.19. The second kappa shape index (κ2) is 5.66. The van der Waals surface area contributed by atoms with E-state index >= 15 is 0 Å². The summed E-state index contributed by atoms with van der Waals surface area (Å²) < 4.78 is 26.8. The van der Waals surface area contributed by atoms with Crippen LogP contribution >= 0.6 is 0 Å².